The summed E-state index contributed by atoms with van der Waals surface area (Å²) in [6.07, 6.45) is -0.750. The van der Waals surface area contributed by atoms with E-state index in [-0.39, 0.29) is 12.1 Å². The lowest BCUT2D eigenvalue weighted by molar-refractivity contribution is -0.137. The first-order valence-electron chi connectivity index (χ1n) is 8.16. The first kappa shape index (κ1) is 16.7. The summed E-state index contributed by atoms with van der Waals surface area (Å²) in [7, 11) is 0. The Balaban J connectivity index is 1.70. The zero-order valence-electron chi connectivity index (χ0n) is 12.9. The van der Waals surface area contributed by atoms with Gasteiger partial charge in [-0.05, 0) is 30.5 Å². The number of fused-ring (bicyclic) bond motifs is 1. The van der Waals surface area contributed by atoms with Gasteiger partial charge in [-0.15, -0.1) is 0 Å². The highest BCUT2D eigenvalue weighted by Crippen LogP contribution is 2.32. The van der Waals surface area contributed by atoms with Crippen molar-refractivity contribution in [3.63, 3.8) is 0 Å². The lowest BCUT2D eigenvalue weighted by Gasteiger charge is -2.44. The van der Waals surface area contributed by atoms with E-state index in [1.807, 2.05) is 0 Å². The molecule has 0 spiro atoms. The number of aliphatic hydroxyl groups excluding tert-OH is 1. The molecule has 1 N–H and O–H groups in total. The Morgan fingerprint density at radius 3 is 2.83 bits per heavy atom. The molecule has 23 heavy (non-hydrogen) atoms. The largest absolute Gasteiger partial charge is 0.416 e. The second-order valence-corrected chi connectivity index (χ2v) is 6.40. The molecular weight excluding hydrogens is 307 g/mol. The van der Waals surface area contributed by atoms with Crippen LogP contribution in [0.5, 0.6) is 0 Å². The molecule has 0 amide bonds. The zero-order chi connectivity index (χ0) is 16.4. The molecule has 1 saturated heterocycles. The summed E-state index contributed by atoms with van der Waals surface area (Å²) < 4.78 is 44.2. The average molecular weight is 329 g/mol. The molecule has 0 radical (unpaired) electrons. The molecule has 6 heteroatoms. The second-order valence-electron chi connectivity index (χ2n) is 6.40. The van der Waals surface area contributed by atoms with Crippen molar-refractivity contribution in [3.8, 4) is 0 Å². The Bertz CT molecular complexity index is 533. The maximum Gasteiger partial charge on any atom is 0.416 e. The molecule has 1 aromatic carbocycles. The van der Waals surface area contributed by atoms with E-state index in [1.54, 1.807) is 6.07 Å². The van der Waals surface area contributed by atoms with Gasteiger partial charge in [0.25, 0.3) is 0 Å². The molecular formula is C17H22F3NO2. The number of hydrogen-bond donors (Lipinski definition) is 1. The first-order valence-corrected chi connectivity index (χ1v) is 8.16. The molecule has 1 aliphatic heterocycles. The Kier molecular flexibility index (Phi) is 4.94. The second kappa shape index (κ2) is 6.79. The monoisotopic (exact) mass is 329 g/mol. The van der Waals surface area contributed by atoms with E-state index in [0.717, 1.165) is 44.4 Å². The molecule has 0 unspecified atom stereocenters. The molecule has 128 valence electrons. The van der Waals surface area contributed by atoms with Crippen LogP contribution in [0.3, 0.4) is 0 Å². The smallest absolute Gasteiger partial charge is 0.387 e. The van der Waals surface area contributed by atoms with E-state index < -0.39 is 17.8 Å². The lowest BCUT2D eigenvalue weighted by atomic mass is 9.89. The summed E-state index contributed by atoms with van der Waals surface area (Å²) in [5, 5.41) is 10.4. The summed E-state index contributed by atoms with van der Waals surface area (Å²) >= 11 is 0. The molecule has 3 rings (SSSR count). The Morgan fingerprint density at radius 2 is 2.04 bits per heavy atom. The summed E-state index contributed by atoms with van der Waals surface area (Å²) in [6, 6.07) is 5.26. The van der Waals surface area contributed by atoms with Crippen molar-refractivity contribution in [2.75, 3.05) is 19.7 Å². The number of alkyl halides is 3. The number of nitrogens with zero attached hydrogens (tertiary/aromatic N) is 1. The maximum atomic E-state index is 12.8. The first-order chi connectivity index (χ1) is 10.9. The van der Waals surface area contributed by atoms with E-state index in [0.29, 0.717) is 18.7 Å². The lowest BCUT2D eigenvalue weighted by Crippen LogP contribution is -2.53. The van der Waals surface area contributed by atoms with Crippen molar-refractivity contribution in [3.05, 3.63) is 35.4 Å². The van der Waals surface area contributed by atoms with Gasteiger partial charge in [-0.25, -0.2) is 0 Å². The van der Waals surface area contributed by atoms with E-state index in [2.05, 4.69) is 4.90 Å². The van der Waals surface area contributed by atoms with Crippen LogP contribution in [0.25, 0.3) is 0 Å². The van der Waals surface area contributed by atoms with Crippen LogP contribution in [0.1, 0.15) is 42.9 Å². The van der Waals surface area contributed by atoms with E-state index in [9.17, 15) is 18.3 Å². The molecule has 1 aliphatic carbocycles. The zero-order valence-corrected chi connectivity index (χ0v) is 12.9. The summed E-state index contributed by atoms with van der Waals surface area (Å²) in [5.41, 5.74) is -0.398. The number of hydrogen-bond acceptors (Lipinski definition) is 3. The van der Waals surface area contributed by atoms with Gasteiger partial charge in [0, 0.05) is 19.1 Å². The van der Waals surface area contributed by atoms with E-state index in [1.165, 1.54) is 6.07 Å². The minimum atomic E-state index is -4.39. The van der Waals surface area contributed by atoms with Crippen molar-refractivity contribution in [2.24, 2.45) is 0 Å². The van der Waals surface area contributed by atoms with Gasteiger partial charge in [0.2, 0.25) is 0 Å². The van der Waals surface area contributed by atoms with Crippen molar-refractivity contribution < 1.29 is 23.0 Å². The number of aliphatic hydroxyl groups is 1. The number of ether oxygens (including phenoxy) is 1. The molecule has 1 heterocycles. The van der Waals surface area contributed by atoms with Crippen LogP contribution in [0.2, 0.25) is 0 Å². The fourth-order valence-electron chi connectivity index (χ4n) is 3.65. The highest BCUT2D eigenvalue weighted by atomic mass is 19.4. The third kappa shape index (κ3) is 3.87. The molecule has 0 bridgehead atoms. The van der Waals surface area contributed by atoms with Crippen molar-refractivity contribution in [1.29, 1.82) is 0 Å². The molecule has 2 aliphatic rings. The van der Waals surface area contributed by atoms with Gasteiger partial charge in [-0.3, -0.25) is 4.90 Å². The fourth-order valence-corrected chi connectivity index (χ4v) is 3.65. The van der Waals surface area contributed by atoms with Crippen molar-refractivity contribution in [2.45, 2.75) is 50.1 Å². The quantitative estimate of drug-likeness (QED) is 0.923. The topological polar surface area (TPSA) is 32.7 Å². The summed E-state index contributed by atoms with van der Waals surface area (Å²) in [6.45, 7) is 1.69. The average Bonchev–Trinajstić information content (AvgIpc) is 2.54. The third-order valence-corrected chi connectivity index (χ3v) is 4.85. The highest BCUT2D eigenvalue weighted by molar-refractivity contribution is 5.27. The van der Waals surface area contributed by atoms with Gasteiger partial charge >= 0.3 is 6.18 Å². The number of morpholine rings is 1. The molecule has 1 aromatic rings. The summed E-state index contributed by atoms with van der Waals surface area (Å²) in [5.74, 6) is 0. The van der Waals surface area contributed by atoms with Gasteiger partial charge in [0.15, 0.2) is 0 Å². The van der Waals surface area contributed by atoms with Crippen LogP contribution in [0.4, 0.5) is 13.2 Å². The van der Waals surface area contributed by atoms with Crippen LogP contribution in [-0.4, -0.2) is 41.8 Å². The van der Waals surface area contributed by atoms with Crippen LogP contribution in [0, 0.1) is 0 Å². The SMILES string of the molecule is O[C@H](CN1CCO[C@H]2CCCC[C@@H]21)c1cccc(C(F)(F)F)c1. The van der Waals surface area contributed by atoms with Gasteiger partial charge in [0.05, 0.1) is 24.4 Å². The van der Waals surface area contributed by atoms with Gasteiger partial charge in [-0.2, -0.15) is 13.2 Å². The van der Waals surface area contributed by atoms with Gasteiger partial charge in [-0.1, -0.05) is 25.0 Å². The predicted octanol–water partition coefficient (Wildman–Crippen LogP) is 3.38. The van der Waals surface area contributed by atoms with Gasteiger partial charge in [0.1, 0.15) is 0 Å². The molecule has 1 saturated carbocycles. The Morgan fingerprint density at radius 1 is 1.26 bits per heavy atom. The number of benzene rings is 1. The Hall–Kier alpha value is -1.11. The standard InChI is InChI=1S/C17H22F3NO2/c18-17(19,20)13-5-3-4-12(10-13)15(22)11-21-8-9-23-16-7-2-1-6-14(16)21/h3-5,10,14-16,22H,1-2,6-9,11H2/t14-,15+,16-/m0/s1. The predicted molar refractivity (Wildman–Crippen MR) is 80.0 cm³/mol. The fraction of sp³-hybridized carbons (Fsp3) is 0.647. The molecule has 0 aromatic heterocycles. The normalized spacial score (nSPS) is 27.5. The number of halogens is 3. The van der Waals surface area contributed by atoms with Crippen LogP contribution >= 0.6 is 0 Å². The maximum absolute atomic E-state index is 12.8. The van der Waals surface area contributed by atoms with E-state index >= 15 is 0 Å². The minimum absolute atomic E-state index is 0.200. The van der Waals surface area contributed by atoms with Crippen molar-refractivity contribution >= 4 is 0 Å². The molecule has 3 atom stereocenters. The van der Waals surface area contributed by atoms with Crippen LogP contribution in [-0.2, 0) is 10.9 Å². The minimum Gasteiger partial charge on any atom is -0.387 e. The molecule has 3 nitrogen and oxygen atoms in total. The Labute approximate surface area is 134 Å². The number of rotatable bonds is 3. The number of β-amino-alcohol motifs (C(OH)–C–C–N with tert-alkyl or cyclic N) is 1. The highest BCUT2D eigenvalue weighted by Gasteiger charge is 2.35. The summed E-state index contributed by atoms with van der Waals surface area (Å²) in [4.78, 5) is 2.18. The van der Waals surface area contributed by atoms with E-state index in [4.69, 9.17) is 4.74 Å². The van der Waals surface area contributed by atoms with Crippen molar-refractivity contribution in [1.82, 2.24) is 4.90 Å². The molecule has 2 fully saturated rings. The van der Waals surface area contributed by atoms with Crippen LogP contribution in [0.15, 0.2) is 24.3 Å². The van der Waals surface area contributed by atoms with Gasteiger partial charge < -0.3 is 9.84 Å². The van der Waals surface area contributed by atoms with Crippen LogP contribution < -0.4 is 0 Å². The third-order valence-electron chi connectivity index (χ3n) is 4.85.